The third-order valence-electron chi connectivity index (χ3n) is 5.85. The fourth-order valence-electron chi connectivity index (χ4n) is 4.80. The van der Waals surface area contributed by atoms with E-state index in [4.69, 9.17) is 0 Å². The van der Waals surface area contributed by atoms with E-state index in [0.29, 0.717) is 0 Å². The molecule has 2 heterocycles. The lowest BCUT2D eigenvalue weighted by Crippen LogP contribution is -2.49. The highest BCUT2D eigenvalue weighted by molar-refractivity contribution is 5.00. The number of hydrogen-bond acceptors (Lipinski definition) is 2. The highest BCUT2D eigenvalue weighted by atomic mass is 15.2. The molecule has 2 saturated heterocycles. The van der Waals surface area contributed by atoms with Crippen molar-refractivity contribution in [1.29, 1.82) is 0 Å². The van der Waals surface area contributed by atoms with Crippen molar-refractivity contribution in [2.24, 2.45) is 11.8 Å². The van der Waals surface area contributed by atoms with Crippen LogP contribution in [-0.2, 0) is 0 Å². The van der Waals surface area contributed by atoms with Gasteiger partial charge in [0.15, 0.2) is 0 Å². The molecule has 2 aliphatic heterocycles. The Labute approximate surface area is 105 Å². The average molecular weight is 234 g/mol. The van der Waals surface area contributed by atoms with Crippen molar-refractivity contribution in [2.75, 3.05) is 13.1 Å². The molecule has 0 bridgehead atoms. The van der Waals surface area contributed by atoms with E-state index in [1.165, 1.54) is 58.0 Å². The maximum Gasteiger partial charge on any atom is 0.0111 e. The van der Waals surface area contributed by atoms with Crippen molar-refractivity contribution in [3.05, 3.63) is 0 Å². The first kappa shape index (κ1) is 10.8. The van der Waals surface area contributed by atoms with Crippen LogP contribution in [0.25, 0.3) is 0 Å². The van der Waals surface area contributed by atoms with Gasteiger partial charge in [0.1, 0.15) is 0 Å². The topological polar surface area (TPSA) is 15.3 Å². The van der Waals surface area contributed by atoms with Gasteiger partial charge in [0.05, 0.1) is 0 Å². The van der Waals surface area contributed by atoms with Gasteiger partial charge in [0, 0.05) is 18.1 Å². The summed E-state index contributed by atoms with van der Waals surface area (Å²) >= 11 is 0. The zero-order valence-corrected chi connectivity index (χ0v) is 10.9. The predicted octanol–water partition coefficient (Wildman–Crippen LogP) is 2.39. The fourth-order valence-corrected chi connectivity index (χ4v) is 4.80. The Morgan fingerprint density at radius 1 is 0.882 bits per heavy atom. The molecule has 5 unspecified atom stereocenters. The van der Waals surface area contributed by atoms with Gasteiger partial charge in [0.25, 0.3) is 0 Å². The normalized spacial score (nSPS) is 49.8. The lowest BCUT2D eigenvalue weighted by Gasteiger charge is -2.38. The Balaban J connectivity index is 1.33. The molecule has 5 atom stereocenters. The Bertz CT molecular complexity index is 291. The van der Waals surface area contributed by atoms with E-state index >= 15 is 0 Å². The van der Waals surface area contributed by atoms with Crippen LogP contribution in [0.3, 0.4) is 0 Å². The third kappa shape index (κ3) is 2.04. The van der Waals surface area contributed by atoms with Crippen LogP contribution in [-0.4, -0.2) is 36.1 Å². The zero-order chi connectivity index (χ0) is 11.2. The summed E-state index contributed by atoms with van der Waals surface area (Å²) in [7, 11) is 0. The second kappa shape index (κ2) is 4.24. The smallest absolute Gasteiger partial charge is 0.0111 e. The fraction of sp³-hybridized carbons (Fsp3) is 1.00. The minimum atomic E-state index is 0.846. The monoisotopic (exact) mass is 234 g/mol. The summed E-state index contributed by atoms with van der Waals surface area (Å²) in [5.41, 5.74) is 0. The molecular weight excluding hydrogens is 208 g/mol. The molecule has 2 heteroatoms. The van der Waals surface area contributed by atoms with Crippen LogP contribution in [0, 0.1) is 11.8 Å². The molecule has 4 fully saturated rings. The van der Waals surface area contributed by atoms with Gasteiger partial charge < -0.3 is 10.2 Å². The summed E-state index contributed by atoms with van der Waals surface area (Å²) in [6, 6.07) is 2.67. The molecule has 0 amide bonds. The van der Waals surface area contributed by atoms with Crippen molar-refractivity contribution in [3.63, 3.8) is 0 Å². The molecule has 96 valence electrons. The first-order valence-corrected chi connectivity index (χ1v) is 7.90. The molecule has 1 N–H and O–H groups in total. The number of piperidine rings is 1. The highest BCUT2D eigenvalue weighted by Crippen LogP contribution is 2.49. The van der Waals surface area contributed by atoms with Crippen molar-refractivity contribution >= 4 is 0 Å². The van der Waals surface area contributed by atoms with Crippen molar-refractivity contribution in [3.8, 4) is 0 Å². The van der Waals surface area contributed by atoms with Gasteiger partial charge in [-0.25, -0.2) is 0 Å². The SMILES string of the molecule is C1CC2CC2C(NC2CCN3CCCC3C2)C1. The van der Waals surface area contributed by atoms with Gasteiger partial charge in [-0.05, 0) is 63.5 Å². The van der Waals surface area contributed by atoms with Gasteiger partial charge in [-0.15, -0.1) is 0 Å². The van der Waals surface area contributed by atoms with E-state index in [9.17, 15) is 0 Å². The average Bonchev–Trinajstić information content (AvgIpc) is 3.00. The number of fused-ring (bicyclic) bond motifs is 2. The van der Waals surface area contributed by atoms with E-state index in [1.54, 1.807) is 6.42 Å². The molecule has 4 rings (SSSR count). The van der Waals surface area contributed by atoms with Crippen LogP contribution >= 0.6 is 0 Å². The van der Waals surface area contributed by atoms with E-state index in [2.05, 4.69) is 10.2 Å². The maximum absolute atomic E-state index is 4.04. The van der Waals surface area contributed by atoms with Crippen molar-refractivity contribution in [2.45, 2.75) is 69.5 Å². The maximum atomic E-state index is 4.04. The lowest BCUT2D eigenvalue weighted by atomic mass is 9.92. The molecule has 4 aliphatic rings. The first-order valence-electron chi connectivity index (χ1n) is 7.90. The summed E-state index contributed by atoms with van der Waals surface area (Å²) in [6.07, 6.45) is 11.8. The van der Waals surface area contributed by atoms with E-state index < -0.39 is 0 Å². The molecule has 0 spiro atoms. The number of nitrogens with zero attached hydrogens (tertiary/aromatic N) is 1. The summed E-state index contributed by atoms with van der Waals surface area (Å²) in [5, 5.41) is 4.04. The van der Waals surface area contributed by atoms with Gasteiger partial charge in [-0.3, -0.25) is 0 Å². The first-order chi connectivity index (χ1) is 8.40. The molecule has 2 aliphatic carbocycles. The van der Waals surface area contributed by atoms with Crippen LogP contribution in [0.2, 0.25) is 0 Å². The molecule has 2 saturated carbocycles. The Morgan fingerprint density at radius 3 is 2.88 bits per heavy atom. The predicted molar refractivity (Wildman–Crippen MR) is 70.0 cm³/mol. The Morgan fingerprint density at radius 2 is 1.88 bits per heavy atom. The molecule has 0 aromatic rings. The molecule has 0 radical (unpaired) electrons. The van der Waals surface area contributed by atoms with Crippen LogP contribution in [0.4, 0.5) is 0 Å². The van der Waals surface area contributed by atoms with Gasteiger partial charge >= 0.3 is 0 Å². The minimum Gasteiger partial charge on any atom is -0.311 e. The third-order valence-corrected chi connectivity index (χ3v) is 5.85. The van der Waals surface area contributed by atoms with Gasteiger partial charge in [-0.1, -0.05) is 12.8 Å². The van der Waals surface area contributed by atoms with Crippen LogP contribution in [0.5, 0.6) is 0 Å². The highest BCUT2D eigenvalue weighted by Gasteiger charge is 2.46. The van der Waals surface area contributed by atoms with Gasteiger partial charge in [-0.2, -0.15) is 0 Å². The minimum absolute atomic E-state index is 0.846. The lowest BCUT2D eigenvalue weighted by molar-refractivity contribution is 0.154. The number of hydrogen-bond donors (Lipinski definition) is 1. The van der Waals surface area contributed by atoms with Gasteiger partial charge in [0.2, 0.25) is 0 Å². The molecule has 0 aromatic carbocycles. The van der Waals surface area contributed by atoms with Crippen LogP contribution in [0.15, 0.2) is 0 Å². The molecular formula is C15H26N2. The summed E-state index contributed by atoms with van der Waals surface area (Å²) in [4.78, 5) is 2.74. The van der Waals surface area contributed by atoms with Crippen LogP contribution < -0.4 is 5.32 Å². The van der Waals surface area contributed by atoms with E-state index in [0.717, 1.165) is 30.0 Å². The Hall–Kier alpha value is -0.0800. The zero-order valence-electron chi connectivity index (χ0n) is 10.9. The van der Waals surface area contributed by atoms with E-state index in [-0.39, 0.29) is 0 Å². The largest absolute Gasteiger partial charge is 0.311 e. The second-order valence-corrected chi connectivity index (χ2v) is 6.92. The Kier molecular flexibility index (Phi) is 2.69. The van der Waals surface area contributed by atoms with Crippen LogP contribution in [0.1, 0.15) is 51.4 Å². The molecule has 17 heavy (non-hydrogen) atoms. The second-order valence-electron chi connectivity index (χ2n) is 6.92. The number of nitrogens with one attached hydrogen (secondary N) is 1. The quantitative estimate of drug-likeness (QED) is 0.789. The summed E-state index contributed by atoms with van der Waals surface area (Å²) in [5.74, 6) is 2.19. The number of rotatable bonds is 2. The van der Waals surface area contributed by atoms with Crippen molar-refractivity contribution < 1.29 is 0 Å². The standard InChI is InChI=1S/C15H26N2/c1-3-11-9-14(11)15(5-1)16-12-6-8-17-7-2-4-13(17)10-12/h11-16H,1-10H2. The van der Waals surface area contributed by atoms with Crippen molar-refractivity contribution in [1.82, 2.24) is 10.2 Å². The summed E-state index contributed by atoms with van der Waals surface area (Å²) < 4.78 is 0. The van der Waals surface area contributed by atoms with E-state index in [1.807, 2.05) is 0 Å². The molecule has 2 nitrogen and oxygen atoms in total. The molecule has 0 aromatic heterocycles. The summed E-state index contributed by atoms with van der Waals surface area (Å²) in [6.45, 7) is 2.74.